The van der Waals surface area contributed by atoms with Gasteiger partial charge in [-0.05, 0) is 84.5 Å². The number of unbranched alkanes of at least 4 members (excludes halogenated alkanes) is 1. The summed E-state index contributed by atoms with van der Waals surface area (Å²) in [6.45, 7) is 15.8. The lowest BCUT2D eigenvalue weighted by atomic mass is 9.97. The fraction of sp³-hybridized carbons (Fsp3) is 0.774. The van der Waals surface area contributed by atoms with Crippen molar-refractivity contribution >= 4 is 29.8 Å². The fourth-order valence-electron chi connectivity index (χ4n) is 4.25. The molecule has 3 N–H and O–H groups in total. The van der Waals surface area contributed by atoms with Crippen molar-refractivity contribution in [3.05, 3.63) is 22.5 Å². The van der Waals surface area contributed by atoms with Crippen LogP contribution < -0.4 is 16.0 Å². The van der Waals surface area contributed by atoms with Crippen molar-refractivity contribution in [2.24, 2.45) is 5.92 Å². The molecule has 0 saturated carbocycles. The van der Waals surface area contributed by atoms with Gasteiger partial charge in [-0.1, -0.05) is 25.3 Å². The third kappa shape index (κ3) is 17.1. The summed E-state index contributed by atoms with van der Waals surface area (Å²) in [5.74, 6) is -1.68. The van der Waals surface area contributed by atoms with Crippen LogP contribution in [0.15, 0.2) is 12.4 Å². The first-order valence-electron chi connectivity index (χ1n) is 16.0. The van der Waals surface area contributed by atoms with Crippen molar-refractivity contribution in [3.63, 3.8) is 0 Å². The normalized spacial score (nSPS) is 13.7. The highest BCUT2D eigenvalue weighted by Gasteiger charge is 2.31. The van der Waals surface area contributed by atoms with E-state index in [2.05, 4.69) is 20.9 Å². The minimum absolute atomic E-state index is 0.129. The lowest BCUT2D eigenvalue weighted by molar-refractivity contribution is -0.396. The minimum Gasteiger partial charge on any atom is -0.460 e. The smallest absolute Gasteiger partial charge is 0.434 e. The largest absolute Gasteiger partial charge is 0.460 e. The first-order chi connectivity index (χ1) is 21.4. The zero-order valence-corrected chi connectivity index (χ0v) is 28.7. The first-order valence-corrected chi connectivity index (χ1v) is 16.0. The number of alkyl carbamates (subject to hydrolysis) is 1. The number of carbonyl (C=O) groups excluding carboxylic acids is 4. The molecule has 0 radical (unpaired) electrons. The number of aryl methyl sites for hydroxylation is 1. The number of hydrogen-bond donors (Lipinski definition) is 3. The van der Waals surface area contributed by atoms with Gasteiger partial charge in [0, 0.05) is 26.2 Å². The number of esters is 1. The molecule has 262 valence electrons. The van der Waals surface area contributed by atoms with Gasteiger partial charge in [-0.3, -0.25) is 14.4 Å². The Hall–Kier alpha value is -3.75. The van der Waals surface area contributed by atoms with Gasteiger partial charge in [0.2, 0.25) is 11.8 Å². The number of rotatable bonds is 20. The predicted octanol–water partition coefficient (Wildman–Crippen LogP) is 4.03. The Morgan fingerprint density at radius 1 is 0.957 bits per heavy atom. The number of nitrogens with one attached hydrogen (secondary N) is 3. The Morgan fingerprint density at radius 3 is 2.22 bits per heavy atom. The molecule has 0 bridgehead atoms. The molecular weight excluding hydrogens is 600 g/mol. The lowest BCUT2D eigenvalue weighted by Crippen LogP contribution is -2.56. The SMILES string of the molecule is CC[C@H](C)[C@H](NC(=O)[C@H](CCCn1ccnc1[N+](=O)[O-])NC(=O)OC(C)(C)C)C(=O)NCCCOCCCCC(=O)OC(C)(C)C. The molecule has 15 nitrogen and oxygen atoms in total. The van der Waals surface area contributed by atoms with Gasteiger partial charge >= 0.3 is 18.0 Å². The lowest BCUT2D eigenvalue weighted by Gasteiger charge is -2.27. The summed E-state index contributed by atoms with van der Waals surface area (Å²) in [6, 6.07) is -1.91. The van der Waals surface area contributed by atoms with E-state index in [0.29, 0.717) is 58.3 Å². The molecule has 0 aliphatic carbocycles. The van der Waals surface area contributed by atoms with Crippen LogP contribution in [0.1, 0.15) is 100 Å². The van der Waals surface area contributed by atoms with Crippen LogP contribution in [0.2, 0.25) is 0 Å². The number of amides is 3. The van der Waals surface area contributed by atoms with Crippen molar-refractivity contribution in [1.82, 2.24) is 25.5 Å². The van der Waals surface area contributed by atoms with Gasteiger partial charge in [0.25, 0.3) is 0 Å². The maximum atomic E-state index is 13.4. The highest BCUT2D eigenvalue weighted by atomic mass is 16.6. The molecule has 0 spiro atoms. The summed E-state index contributed by atoms with van der Waals surface area (Å²) in [5, 5.41) is 19.4. The van der Waals surface area contributed by atoms with E-state index in [1.54, 1.807) is 20.8 Å². The average molecular weight is 655 g/mol. The van der Waals surface area contributed by atoms with Gasteiger partial charge in [-0.15, -0.1) is 0 Å². The maximum absolute atomic E-state index is 13.4. The molecule has 0 saturated heterocycles. The quantitative estimate of drug-likeness (QED) is 0.0800. The zero-order valence-electron chi connectivity index (χ0n) is 28.7. The molecule has 1 aromatic rings. The Bertz CT molecular complexity index is 1130. The van der Waals surface area contributed by atoms with E-state index in [1.165, 1.54) is 17.0 Å². The third-order valence-corrected chi connectivity index (χ3v) is 6.65. The van der Waals surface area contributed by atoms with Crippen LogP contribution in [-0.2, 0) is 35.1 Å². The van der Waals surface area contributed by atoms with Crippen LogP contribution in [-0.4, -0.2) is 81.4 Å². The molecule has 15 heteroatoms. The number of nitrogens with zero attached hydrogens (tertiary/aromatic N) is 3. The number of hydrogen-bond acceptors (Lipinski definition) is 10. The molecule has 1 rings (SSSR count). The number of carbonyl (C=O) groups is 4. The number of ether oxygens (including phenoxy) is 3. The predicted molar refractivity (Wildman–Crippen MR) is 171 cm³/mol. The van der Waals surface area contributed by atoms with Gasteiger partial charge in [0.15, 0.2) is 0 Å². The monoisotopic (exact) mass is 654 g/mol. The molecule has 0 aliphatic heterocycles. The zero-order chi connectivity index (χ0) is 34.9. The molecule has 0 aliphatic rings. The number of aromatic nitrogens is 2. The first kappa shape index (κ1) is 40.3. The Balaban J connectivity index is 2.66. The van der Waals surface area contributed by atoms with Crippen LogP contribution in [0.25, 0.3) is 0 Å². The third-order valence-electron chi connectivity index (χ3n) is 6.65. The summed E-state index contributed by atoms with van der Waals surface area (Å²) < 4.78 is 17.6. The maximum Gasteiger partial charge on any atom is 0.434 e. The van der Waals surface area contributed by atoms with Gasteiger partial charge in [0.05, 0.1) is 6.54 Å². The van der Waals surface area contributed by atoms with E-state index >= 15 is 0 Å². The summed E-state index contributed by atoms with van der Waals surface area (Å²) in [5.41, 5.74) is -1.30. The summed E-state index contributed by atoms with van der Waals surface area (Å²) in [4.78, 5) is 65.2. The molecule has 0 fully saturated rings. The van der Waals surface area contributed by atoms with E-state index in [0.717, 1.165) is 0 Å². The van der Waals surface area contributed by atoms with E-state index < -0.39 is 40.2 Å². The molecule has 46 heavy (non-hydrogen) atoms. The van der Waals surface area contributed by atoms with Gasteiger partial charge in [-0.25, -0.2) is 9.36 Å². The Labute approximate surface area is 272 Å². The fourth-order valence-corrected chi connectivity index (χ4v) is 4.25. The van der Waals surface area contributed by atoms with Crippen molar-refractivity contribution in [1.29, 1.82) is 0 Å². The van der Waals surface area contributed by atoms with E-state index in [4.69, 9.17) is 14.2 Å². The average Bonchev–Trinajstić information content (AvgIpc) is 3.40. The molecule has 0 aromatic carbocycles. The topological polar surface area (TPSA) is 193 Å². The molecule has 1 heterocycles. The van der Waals surface area contributed by atoms with Crippen LogP contribution in [0.3, 0.4) is 0 Å². The Morgan fingerprint density at radius 2 is 1.61 bits per heavy atom. The number of imidazole rings is 1. The van der Waals surface area contributed by atoms with Crippen molar-refractivity contribution in [2.45, 2.75) is 130 Å². The van der Waals surface area contributed by atoms with Gasteiger partial charge < -0.3 is 40.3 Å². The van der Waals surface area contributed by atoms with Crippen LogP contribution in [0, 0.1) is 16.0 Å². The van der Waals surface area contributed by atoms with E-state index in [-0.39, 0.29) is 36.7 Å². The second-order valence-electron chi connectivity index (χ2n) is 13.2. The van der Waals surface area contributed by atoms with Crippen LogP contribution >= 0.6 is 0 Å². The molecule has 3 amide bonds. The van der Waals surface area contributed by atoms with Crippen molar-refractivity contribution in [2.75, 3.05) is 19.8 Å². The highest BCUT2D eigenvalue weighted by molar-refractivity contribution is 5.91. The molecule has 0 unspecified atom stereocenters. The Kier molecular flexibility index (Phi) is 17.2. The van der Waals surface area contributed by atoms with Crippen molar-refractivity contribution in [3.8, 4) is 0 Å². The summed E-state index contributed by atoms with van der Waals surface area (Å²) in [6.07, 6.45) is 5.29. The van der Waals surface area contributed by atoms with Gasteiger partial charge in [0.1, 0.15) is 35.7 Å². The molecule has 3 atom stereocenters. The van der Waals surface area contributed by atoms with Crippen molar-refractivity contribution < 1.29 is 38.3 Å². The second-order valence-corrected chi connectivity index (χ2v) is 13.2. The van der Waals surface area contributed by atoms with Gasteiger partial charge in [-0.2, -0.15) is 0 Å². The summed E-state index contributed by atoms with van der Waals surface area (Å²) >= 11 is 0. The van der Waals surface area contributed by atoms with Crippen LogP contribution in [0.4, 0.5) is 10.7 Å². The highest BCUT2D eigenvalue weighted by Crippen LogP contribution is 2.14. The van der Waals surface area contributed by atoms with Crippen LogP contribution in [0.5, 0.6) is 0 Å². The molecular formula is C31H54N6O9. The minimum atomic E-state index is -1.06. The summed E-state index contributed by atoms with van der Waals surface area (Å²) in [7, 11) is 0. The standard InChI is InChI=1S/C31H54N6O9/c1-9-22(2)25(27(40)32-16-13-21-44-20-11-10-15-24(38)45-30(3,4)5)35-26(39)23(34-29(41)46-31(6,7)8)14-12-18-36-19-17-33-28(36)37(42)43/h17,19,22-23,25H,9-16,18,20-21H2,1-8H3,(H,32,40)(H,34,41)(H,35,39)/t22-,23-,25-/m0/s1. The second kappa shape index (κ2) is 19.7. The number of nitro groups is 1. The van der Waals surface area contributed by atoms with E-state index in [9.17, 15) is 29.3 Å². The van der Waals surface area contributed by atoms with E-state index in [1.807, 2.05) is 34.6 Å². The molecule has 1 aromatic heterocycles.